The molecule has 0 radical (unpaired) electrons. The van der Waals surface area contributed by atoms with Crippen molar-refractivity contribution in [2.24, 2.45) is 0 Å². The van der Waals surface area contributed by atoms with Gasteiger partial charge >= 0.3 is 0 Å². The Balaban J connectivity index is 2.12. The summed E-state index contributed by atoms with van der Waals surface area (Å²) in [5.41, 5.74) is 0.335. The molecule has 0 saturated heterocycles. The number of carbonyl (C=O) groups excluding carboxylic acids is 1. The van der Waals surface area contributed by atoms with Crippen LogP contribution in [-0.4, -0.2) is 10.9 Å². The van der Waals surface area contributed by atoms with E-state index in [1.165, 1.54) is 0 Å². The molecule has 1 N–H and O–H groups in total. The molecule has 1 atom stereocenters. The number of aryl methyl sites for hydroxylation is 1. The van der Waals surface area contributed by atoms with Gasteiger partial charge in [0.1, 0.15) is 11.5 Å². The van der Waals surface area contributed by atoms with Crippen molar-refractivity contribution in [1.82, 2.24) is 10.3 Å². The minimum atomic E-state index is -0.253. The highest BCUT2D eigenvalue weighted by Crippen LogP contribution is 2.19. The third-order valence-corrected chi connectivity index (χ3v) is 2.84. The van der Waals surface area contributed by atoms with Gasteiger partial charge in [-0.3, -0.25) is 4.79 Å². The van der Waals surface area contributed by atoms with Gasteiger partial charge in [-0.15, -0.1) is 0 Å². The van der Waals surface area contributed by atoms with Gasteiger partial charge in [0.2, 0.25) is 0 Å². The van der Waals surface area contributed by atoms with Crippen LogP contribution in [0.15, 0.2) is 27.2 Å². The van der Waals surface area contributed by atoms with E-state index in [1.54, 1.807) is 19.3 Å². The Kier molecular flexibility index (Phi) is 3.74. The molecule has 0 aromatic carbocycles. The molecule has 0 aliphatic heterocycles. The van der Waals surface area contributed by atoms with E-state index in [1.807, 2.05) is 26.8 Å². The highest BCUT2D eigenvalue weighted by atomic mass is 16.4. The molecule has 2 heterocycles. The van der Waals surface area contributed by atoms with Crippen molar-refractivity contribution in [1.29, 1.82) is 0 Å². The number of hydrogen-bond donors (Lipinski definition) is 1. The first-order valence-electron chi connectivity index (χ1n) is 6.30. The summed E-state index contributed by atoms with van der Waals surface area (Å²) in [6.45, 7) is 7.54. The Labute approximate surface area is 112 Å². The lowest BCUT2D eigenvalue weighted by Gasteiger charge is -2.09. The lowest BCUT2D eigenvalue weighted by Crippen LogP contribution is -2.27. The van der Waals surface area contributed by atoms with Gasteiger partial charge in [-0.05, 0) is 26.0 Å². The van der Waals surface area contributed by atoms with Crippen LogP contribution in [0.2, 0.25) is 0 Å². The topological polar surface area (TPSA) is 68.3 Å². The third kappa shape index (κ3) is 2.86. The number of rotatable bonds is 4. The summed E-state index contributed by atoms with van der Waals surface area (Å²) in [6, 6.07) is 3.40. The maximum atomic E-state index is 12.1. The second-order valence-corrected chi connectivity index (χ2v) is 4.82. The van der Waals surface area contributed by atoms with Gasteiger partial charge in [0.15, 0.2) is 11.6 Å². The molecule has 2 aromatic heterocycles. The molecular formula is C14H18N2O3. The van der Waals surface area contributed by atoms with E-state index in [4.69, 9.17) is 8.83 Å². The molecule has 0 fully saturated rings. The molecule has 2 aromatic rings. The molecule has 5 nitrogen and oxygen atoms in total. The van der Waals surface area contributed by atoms with Crippen LogP contribution in [0.3, 0.4) is 0 Å². The lowest BCUT2D eigenvalue weighted by atomic mass is 10.2. The first kappa shape index (κ1) is 13.4. The minimum absolute atomic E-state index is 0.155. The normalized spacial score (nSPS) is 12.7. The van der Waals surface area contributed by atoms with Crippen LogP contribution in [-0.2, 0) is 0 Å². The Morgan fingerprint density at radius 2 is 2.11 bits per heavy atom. The molecule has 0 spiro atoms. The van der Waals surface area contributed by atoms with Crippen molar-refractivity contribution in [3.05, 3.63) is 41.5 Å². The largest absolute Gasteiger partial charge is 0.467 e. The van der Waals surface area contributed by atoms with Gasteiger partial charge in [0.05, 0.1) is 12.3 Å². The fourth-order valence-electron chi connectivity index (χ4n) is 1.75. The second kappa shape index (κ2) is 5.30. The molecule has 0 aliphatic carbocycles. The van der Waals surface area contributed by atoms with Crippen LogP contribution in [0.4, 0.5) is 0 Å². The molecule has 0 unspecified atom stereocenters. The Morgan fingerprint density at radius 1 is 1.37 bits per heavy atom. The van der Waals surface area contributed by atoms with Gasteiger partial charge in [0.25, 0.3) is 5.91 Å². The quantitative estimate of drug-likeness (QED) is 0.918. The third-order valence-electron chi connectivity index (χ3n) is 2.84. The SMILES string of the molecule is Cc1oc(C(C)C)nc1C(=O)N[C@@H](C)c1ccco1. The van der Waals surface area contributed by atoms with Crippen molar-refractivity contribution in [3.8, 4) is 0 Å². The maximum Gasteiger partial charge on any atom is 0.274 e. The Hall–Kier alpha value is -2.04. The van der Waals surface area contributed by atoms with Gasteiger partial charge < -0.3 is 14.2 Å². The predicted molar refractivity (Wildman–Crippen MR) is 69.9 cm³/mol. The van der Waals surface area contributed by atoms with Crippen LogP contribution >= 0.6 is 0 Å². The average Bonchev–Trinajstić information content (AvgIpc) is 2.97. The van der Waals surface area contributed by atoms with Crippen molar-refractivity contribution in [2.45, 2.75) is 39.7 Å². The smallest absolute Gasteiger partial charge is 0.274 e. The zero-order valence-electron chi connectivity index (χ0n) is 11.6. The predicted octanol–water partition coefficient (Wildman–Crippen LogP) is 3.19. The molecule has 102 valence electrons. The van der Waals surface area contributed by atoms with Crippen LogP contribution in [0.1, 0.15) is 60.6 Å². The van der Waals surface area contributed by atoms with Crippen LogP contribution in [0.25, 0.3) is 0 Å². The van der Waals surface area contributed by atoms with Gasteiger partial charge in [0, 0.05) is 5.92 Å². The number of carbonyl (C=O) groups is 1. The van der Waals surface area contributed by atoms with E-state index in [0.717, 1.165) is 0 Å². The molecule has 0 aliphatic rings. The van der Waals surface area contributed by atoms with E-state index >= 15 is 0 Å². The van der Waals surface area contributed by atoms with Crippen molar-refractivity contribution < 1.29 is 13.6 Å². The summed E-state index contributed by atoms with van der Waals surface area (Å²) in [6.07, 6.45) is 1.58. The van der Waals surface area contributed by atoms with Crippen molar-refractivity contribution >= 4 is 5.91 Å². The van der Waals surface area contributed by atoms with Crippen LogP contribution in [0, 0.1) is 6.92 Å². The fourth-order valence-corrected chi connectivity index (χ4v) is 1.75. The molecule has 2 rings (SSSR count). The highest BCUT2D eigenvalue weighted by molar-refractivity contribution is 5.93. The number of nitrogens with zero attached hydrogens (tertiary/aromatic N) is 1. The summed E-state index contributed by atoms with van der Waals surface area (Å²) in [7, 11) is 0. The van der Waals surface area contributed by atoms with Gasteiger partial charge in [-0.2, -0.15) is 0 Å². The van der Waals surface area contributed by atoms with E-state index in [-0.39, 0.29) is 17.9 Å². The van der Waals surface area contributed by atoms with E-state index < -0.39 is 0 Å². The lowest BCUT2D eigenvalue weighted by molar-refractivity contribution is 0.0929. The summed E-state index contributed by atoms with van der Waals surface area (Å²) < 4.78 is 10.7. The first-order valence-corrected chi connectivity index (χ1v) is 6.30. The minimum Gasteiger partial charge on any atom is -0.467 e. The maximum absolute atomic E-state index is 12.1. The number of oxazole rings is 1. The summed E-state index contributed by atoms with van der Waals surface area (Å²) in [4.78, 5) is 16.4. The zero-order chi connectivity index (χ0) is 14.0. The van der Waals surface area contributed by atoms with Crippen LogP contribution in [0.5, 0.6) is 0 Å². The van der Waals surface area contributed by atoms with Crippen molar-refractivity contribution in [2.75, 3.05) is 0 Å². The van der Waals surface area contributed by atoms with E-state index in [2.05, 4.69) is 10.3 Å². The van der Waals surface area contributed by atoms with Gasteiger partial charge in [-0.1, -0.05) is 13.8 Å². The molecule has 1 amide bonds. The summed E-state index contributed by atoms with van der Waals surface area (Å²) >= 11 is 0. The monoisotopic (exact) mass is 262 g/mol. The second-order valence-electron chi connectivity index (χ2n) is 4.82. The number of nitrogens with one attached hydrogen (secondary N) is 1. The summed E-state index contributed by atoms with van der Waals surface area (Å²) in [5, 5.41) is 2.84. The van der Waals surface area contributed by atoms with E-state index in [0.29, 0.717) is 23.1 Å². The fraction of sp³-hybridized carbons (Fsp3) is 0.429. The zero-order valence-corrected chi connectivity index (χ0v) is 11.6. The van der Waals surface area contributed by atoms with Gasteiger partial charge in [-0.25, -0.2) is 4.98 Å². The van der Waals surface area contributed by atoms with Crippen molar-refractivity contribution in [3.63, 3.8) is 0 Å². The Bertz CT molecular complexity index is 555. The summed E-state index contributed by atoms with van der Waals surface area (Å²) in [5.74, 6) is 1.72. The molecule has 0 saturated carbocycles. The number of aromatic nitrogens is 1. The molecule has 0 bridgehead atoms. The molecule has 5 heteroatoms. The number of amides is 1. The van der Waals surface area contributed by atoms with Crippen LogP contribution < -0.4 is 5.32 Å². The number of hydrogen-bond acceptors (Lipinski definition) is 4. The highest BCUT2D eigenvalue weighted by Gasteiger charge is 2.21. The van der Waals surface area contributed by atoms with E-state index in [9.17, 15) is 4.79 Å². The molecule has 19 heavy (non-hydrogen) atoms. The first-order chi connectivity index (χ1) is 8.99. The standard InChI is InChI=1S/C14H18N2O3/c1-8(2)14-16-12(10(4)19-14)13(17)15-9(3)11-6-5-7-18-11/h5-9H,1-4H3,(H,15,17)/t9-/m0/s1. The molecular weight excluding hydrogens is 244 g/mol. The number of furan rings is 1. The Morgan fingerprint density at radius 3 is 2.63 bits per heavy atom. The average molecular weight is 262 g/mol.